The molecule has 1 rings (SSSR count). The molecule has 2 nitrogen and oxygen atoms in total. The molecule has 1 saturated heterocycles. The quantitative estimate of drug-likeness (QED) is 0.432. The lowest BCUT2D eigenvalue weighted by Crippen LogP contribution is -2.14. The van der Waals surface area contributed by atoms with Crippen molar-refractivity contribution >= 4 is 0 Å². The number of hydrogen-bond acceptors (Lipinski definition) is 2. The molecule has 0 spiro atoms. The summed E-state index contributed by atoms with van der Waals surface area (Å²) < 4.78 is 0. The fraction of sp³-hybridized carbons (Fsp3) is 1.00. The van der Waals surface area contributed by atoms with E-state index in [0.29, 0.717) is 0 Å². The zero-order valence-electron chi connectivity index (χ0n) is 4.94. The predicted octanol–water partition coefficient (Wildman–Crippen LogP) is 1.36. The molecule has 0 bridgehead atoms. The smallest absolute Gasteiger partial charge is 0.109 e. The molecule has 0 saturated carbocycles. The van der Waals surface area contributed by atoms with Crippen LogP contribution in [-0.4, -0.2) is 13.2 Å². The van der Waals surface area contributed by atoms with Crippen LogP contribution in [0.5, 0.6) is 0 Å². The molecule has 1 heterocycles. The Morgan fingerprint density at radius 1 is 1.14 bits per heavy atom. The van der Waals surface area contributed by atoms with Crippen LogP contribution in [0.25, 0.3) is 0 Å². The van der Waals surface area contributed by atoms with Crippen molar-refractivity contribution in [2.45, 2.75) is 20.3 Å². The van der Waals surface area contributed by atoms with Gasteiger partial charge in [0.05, 0.1) is 0 Å². The summed E-state index contributed by atoms with van der Waals surface area (Å²) in [6.45, 7) is 5.81. The predicted molar refractivity (Wildman–Crippen MR) is 27.9 cm³/mol. The van der Waals surface area contributed by atoms with Gasteiger partial charge >= 0.3 is 0 Å². The second kappa shape index (κ2) is 5.92. The van der Waals surface area contributed by atoms with Crippen molar-refractivity contribution in [3.8, 4) is 0 Å². The van der Waals surface area contributed by atoms with Crippen molar-refractivity contribution in [1.82, 2.24) is 0 Å². The van der Waals surface area contributed by atoms with E-state index in [-0.39, 0.29) is 0 Å². The highest BCUT2D eigenvalue weighted by Gasteiger charge is 1.95. The van der Waals surface area contributed by atoms with Crippen LogP contribution in [0.15, 0.2) is 0 Å². The highest BCUT2D eigenvalue weighted by molar-refractivity contribution is 4.22. The second-order valence-electron chi connectivity index (χ2n) is 1.35. The molecule has 2 heteroatoms. The van der Waals surface area contributed by atoms with Gasteiger partial charge in [-0.25, -0.2) is 9.78 Å². The summed E-state index contributed by atoms with van der Waals surface area (Å²) in [5.41, 5.74) is 0. The van der Waals surface area contributed by atoms with Gasteiger partial charge in [-0.1, -0.05) is 20.3 Å². The lowest BCUT2D eigenvalue weighted by atomic mass is 10.6. The Morgan fingerprint density at radius 3 is 1.29 bits per heavy atom. The number of rotatable bonds is 0. The van der Waals surface area contributed by atoms with E-state index >= 15 is 0 Å². The Labute approximate surface area is 44.4 Å². The van der Waals surface area contributed by atoms with Gasteiger partial charge in [-0.2, -0.15) is 0 Å². The van der Waals surface area contributed by atoms with Gasteiger partial charge in [0.2, 0.25) is 0 Å². The lowest BCUT2D eigenvalue weighted by Gasteiger charge is -2.08. The van der Waals surface area contributed by atoms with Crippen molar-refractivity contribution in [2.75, 3.05) is 13.2 Å². The van der Waals surface area contributed by atoms with Crippen LogP contribution in [0.1, 0.15) is 20.3 Å². The monoisotopic (exact) mass is 104 g/mol. The van der Waals surface area contributed by atoms with Crippen molar-refractivity contribution in [2.24, 2.45) is 0 Å². The van der Waals surface area contributed by atoms with E-state index in [1.807, 2.05) is 0 Å². The highest BCUT2D eigenvalue weighted by atomic mass is 17.2. The van der Waals surface area contributed by atoms with Gasteiger partial charge in [0.25, 0.3) is 0 Å². The molecule has 1 aliphatic heterocycles. The summed E-state index contributed by atoms with van der Waals surface area (Å²) in [5, 5.41) is 0. The van der Waals surface area contributed by atoms with Crippen LogP contribution < -0.4 is 0 Å². The van der Waals surface area contributed by atoms with E-state index in [1.165, 1.54) is 6.42 Å². The topological polar surface area (TPSA) is 18.5 Å². The Kier molecular flexibility index (Phi) is 5.85. The van der Waals surface area contributed by atoms with Gasteiger partial charge in [-0.15, -0.1) is 0 Å². The molecule has 1 fully saturated rings. The molecule has 0 atom stereocenters. The van der Waals surface area contributed by atoms with Crippen LogP contribution in [-0.2, 0) is 9.78 Å². The van der Waals surface area contributed by atoms with Crippen molar-refractivity contribution in [1.29, 1.82) is 0 Å². The van der Waals surface area contributed by atoms with Crippen LogP contribution in [0.2, 0.25) is 0 Å². The Balaban J connectivity index is 0.000000110. The molecule has 0 aromatic rings. The molecular weight excluding hydrogens is 92.1 g/mol. The minimum absolute atomic E-state index is 0.778. The average molecular weight is 104 g/mol. The van der Waals surface area contributed by atoms with Crippen LogP contribution >= 0.6 is 0 Å². The summed E-state index contributed by atoms with van der Waals surface area (Å²) >= 11 is 0. The SMILES string of the molecule is C1COO1.CCC. The molecule has 0 unspecified atom stereocenters. The van der Waals surface area contributed by atoms with Crippen molar-refractivity contribution in [3.05, 3.63) is 0 Å². The molecular formula is C5H12O2. The van der Waals surface area contributed by atoms with E-state index in [4.69, 9.17) is 0 Å². The van der Waals surface area contributed by atoms with E-state index in [0.717, 1.165) is 13.2 Å². The van der Waals surface area contributed by atoms with E-state index in [9.17, 15) is 0 Å². The third kappa shape index (κ3) is 5.92. The van der Waals surface area contributed by atoms with Gasteiger partial charge in [0.15, 0.2) is 0 Å². The molecule has 0 N–H and O–H groups in total. The summed E-state index contributed by atoms with van der Waals surface area (Å²) in [5.74, 6) is 0. The molecule has 0 aliphatic carbocycles. The fourth-order valence-electron chi connectivity index (χ4n) is 0.0833. The molecule has 0 amide bonds. The lowest BCUT2D eigenvalue weighted by molar-refractivity contribution is -0.382. The summed E-state index contributed by atoms with van der Waals surface area (Å²) in [7, 11) is 0. The maximum Gasteiger partial charge on any atom is 0.109 e. The molecule has 44 valence electrons. The molecule has 1 aliphatic rings. The van der Waals surface area contributed by atoms with Gasteiger partial charge in [-0.05, 0) is 0 Å². The first-order chi connectivity index (χ1) is 3.41. The third-order valence-electron chi connectivity index (χ3n) is 0.333. The van der Waals surface area contributed by atoms with Gasteiger partial charge < -0.3 is 0 Å². The van der Waals surface area contributed by atoms with Crippen LogP contribution in [0.4, 0.5) is 0 Å². The summed E-state index contributed by atoms with van der Waals surface area (Å²) in [4.78, 5) is 8.44. The van der Waals surface area contributed by atoms with Gasteiger partial charge in [0, 0.05) is 0 Å². The summed E-state index contributed by atoms with van der Waals surface area (Å²) in [6.07, 6.45) is 1.25. The van der Waals surface area contributed by atoms with E-state index in [2.05, 4.69) is 23.6 Å². The van der Waals surface area contributed by atoms with Crippen molar-refractivity contribution in [3.63, 3.8) is 0 Å². The zero-order chi connectivity index (χ0) is 5.54. The minimum Gasteiger partial charge on any atom is -0.234 e. The Hall–Kier alpha value is -0.0800. The second-order valence-corrected chi connectivity index (χ2v) is 1.35. The minimum atomic E-state index is 0.778. The largest absolute Gasteiger partial charge is 0.234 e. The molecule has 7 heavy (non-hydrogen) atoms. The van der Waals surface area contributed by atoms with Gasteiger partial charge in [0.1, 0.15) is 13.2 Å². The maximum atomic E-state index is 4.22. The van der Waals surface area contributed by atoms with Crippen LogP contribution in [0, 0.1) is 0 Å². The zero-order valence-corrected chi connectivity index (χ0v) is 4.94. The van der Waals surface area contributed by atoms with E-state index in [1.54, 1.807) is 0 Å². The Morgan fingerprint density at radius 2 is 1.29 bits per heavy atom. The first-order valence-corrected chi connectivity index (χ1v) is 2.66. The normalized spacial score (nSPS) is 16.3. The molecule has 0 radical (unpaired) electrons. The van der Waals surface area contributed by atoms with E-state index < -0.39 is 0 Å². The average Bonchev–Trinajstić information content (AvgIpc) is 1.27. The third-order valence-corrected chi connectivity index (χ3v) is 0.333. The molecule has 0 aromatic heterocycles. The number of hydrogen-bond donors (Lipinski definition) is 0. The summed E-state index contributed by atoms with van der Waals surface area (Å²) in [6, 6.07) is 0. The van der Waals surface area contributed by atoms with Crippen LogP contribution in [0.3, 0.4) is 0 Å². The highest BCUT2D eigenvalue weighted by Crippen LogP contribution is 1.87. The van der Waals surface area contributed by atoms with Crippen molar-refractivity contribution < 1.29 is 9.78 Å². The first-order valence-electron chi connectivity index (χ1n) is 2.66. The standard InChI is InChI=1S/C3H8.C2H4O2/c1-3-2;1-2-4-3-1/h3H2,1-2H3;1-2H2. The molecule has 0 aromatic carbocycles. The first kappa shape index (κ1) is 6.92. The fourth-order valence-corrected chi connectivity index (χ4v) is 0.0833. The Bertz CT molecular complexity index is 21.3. The van der Waals surface area contributed by atoms with Gasteiger partial charge in [-0.3, -0.25) is 0 Å². The maximum absolute atomic E-state index is 4.22.